The van der Waals surface area contributed by atoms with Crippen LogP contribution in [0.3, 0.4) is 0 Å². The molecule has 2 heterocycles. The molecule has 1 saturated carbocycles. The van der Waals surface area contributed by atoms with E-state index in [0.717, 1.165) is 17.7 Å². The second kappa shape index (κ2) is 8.85. The monoisotopic (exact) mass is 476 g/mol. The van der Waals surface area contributed by atoms with Gasteiger partial charge in [-0.1, -0.05) is 49.2 Å². The summed E-state index contributed by atoms with van der Waals surface area (Å²) in [6, 6.07) is 8.20. The maximum absolute atomic E-state index is 15.5. The van der Waals surface area contributed by atoms with E-state index in [-0.39, 0.29) is 32.8 Å². The number of hydrogen-bond donors (Lipinski definition) is 1. The molecule has 174 valence electrons. The molecule has 3 atom stereocenters. The van der Waals surface area contributed by atoms with Gasteiger partial charge in [-0.15, -0.1) is 0 Å². The Kier molecular flexibility index (Phi) is 6.05. The van der Waals surface area contributed by atoms with Gasteiger partial charge in [0.25, 0.3) is 11.8 Å². The molecule has 0 aromatic heterocycles. The largest absolute Gasteiger partial charge is 0.368 e. The number of hydrogen-bond acceptors (Lipinski definition) is 3. The molecule has 0 spiro atoms. The molecule has 2 radical (unpaired) electrons. The second-order valence-electron chi connectivity index (χ2n) is 8.95. The SMILES string of the molecule is O=C(C1CCO1)N1CC(F)(F)[C@H](N[Si]C2CC2)[C@@H]1Cc1cccc(-c2ccccc2F)c1F. The van der Waals surface area contributed by atoms with Gasteiger partial charge in [-0.3, -0.25) is 4.79 Å². The highest BCUT2D eigenvalue weighted by Crippen LogP contribution is 2.39. The predicted octanol–water partition coefficient (Wildman–Crippen LogP) is 3.97. The molecular weight excluding hydrogens is 452 g/mol. The molecule has 9 heteroatoms. The summed E-state index contributed by atoms with van der Waals surface area (Å²) in [6.45, 7) is -0.298. The Balaban J connectivity index is 1.46. The quantitative estimate of drug-likeness (QED) is 0.486. The summed E-state index contributed by atoms with van der Waals surface area (Å²) >= 11 is 0. The number of likely N-dealkylation sites (tertiary alicyclic amines) is 1. The highest BCUT2D eigenvalue weighted by molar-refractivity contribution is 6.35. The summed E-state index contributed by atoms with van der Waals surface area (Å²) in [6.07, 6.45) is 1.68. The lowest BCUT2D eigenvalue weighted by Gasteiger charge is -2.34. The summed E-state index contributed by atoms with van der Waals surface area (Å²) < 4.78 is 65.2. The number of rotatable bonds is 7. The molecular formula is C24H24F4N2O2Si. The maximum atomic E-state index is 15.5. The van der Waals surface area contributed by atoms with Crippen LogP contribution in [-0.2, 0) is 16.0 Å². The molecule has 3 fully saturated rings. The number of amides is 1. The lowest BCUT2D eigenvalue weighted by atomic mass is 9.95. The first kappa shape index (κ1) is 22.6. The van der Waals surface area contributed by atoms with Crippen molar-refractivity contribution in [2.75, 3.05) is 13.2 Å². The van der Waals surface area contributed by atoms with E-state index in [4.69, 9.17) is 4.74 Å². The minimum absolute atomic E-state index is 0.0694. The Morgan fingerprint density at radius 1 is 1.09 bits per heavy atom. The Bertz CT molecular complexity index is 1040. The Hall–Kier alpha value is -2.23. The molecule has 3 aliphatic rings. The van der Waals surface area contributed by atoms with Gasteiger partial charge in [0.15, 0.2) is 0 Å². The number of benzene rings is 2. The zero-order valence-corrected chi connectivity index (χ0v) is 18.9. The van der Waals surface area contributed by atoms with Crippen molar-refractivity contribution in [3.8, 4) is 11.1 Å². The zero-order valence-electron chi connectivity index (χ0n) is 17.9. The molecule has 0 bridgehead atoms. The first-order valence-electron chi connectivity index (χ1n) is 11.2. The van der Waals surface area contributed by atoms with Gasteiger partial charge in [0.05, 0.1) is 25.2 Å². The first-order chi connectivity index (χ1) is 15.8. The van der Waals surface area contributed by atoms with Crippen LogP contribution in [0.5, 0.6) is 0 Å². The smallest absolute Gasteiger partial charge is 0.281 e. The van der Waals surface area contributed by atoms with Crippen molar-refractivity contribution in [2.45, 2.75) is 55.3 Å². The summed E-state index contributed by atoms with van der Waals surface area (Å²) in [5.74, 6) is -4.85. The molecule has 1 unspecified atom stereocenters. The second-order valence-corrected chi connectivity index (χ2v) is 10.3. The van der Waals surface area contributed by atoms with Gasteiger partial charge in [0.2, 0.25) is 0 Å². The van der Waals surface area contributed by atoms with E-state index in [1.807, 2.05) is 0 Å². The fourth-order valence-corrected chi connectivity index (χ4v) is 5.75. The number of halogens is 4. The van der Waals surface area contributed by atoms with Gasteiger partial charge in [0, 0.05) is 17.5 Å². The summed E-state index contributed by atoms with van der Waals surface area (Å²) in [5.41, 5.74) is 0.740. The third-order valence-electron chi connectivity index (χ3n) is 6.57. The number of carbonyl (C=O) groups is 1. The lowest BCUT2D eigenvalue weighted by Crippen LogP contribution is -2.53. The van der Waals surface area contributed by atoms with E-state index < -0.39 is 48.2 Å². The topological polar surface area (TPSA) is 41.6 Å². The zero-order chi connectivity index (χ0) is 23.2. The standard InChI is InChI=1S/C24H24F4N2O2Si/c25-18-7-2-1-5-16(18)17-6-3-4-14(21(17)26)12-19-22(29-33-15-8-9-15)24(27,28)13-30(19)23(31)20-10-11-32-20/h1-7,15,19-20,22,29H,8-13H2/t19-,20?,22+/m0/s1. The summed E-state index contributed by atoms with van der Waals surface area (Å²) in [4.78, 5) is 17.1. The molecule has 2 saturated heterocycles. The molecule has 33 heavy (non-hydrogen) atoms. The first-order valence-corrected chi connectivity index (χ1v) is 12.3. The molecule has 2 aromatic carbocycles. The number of alkyl halides is 2. The lowest BCUT2D eigenvalue weighted by molar-refractivity contribution is -0.158. The van der Waals surface area contributed by atoms with Gasteiger partial charge in [-0.25, -0.2) is 17.6 Å². The van der Waals surface area contributed by atoms with Gasteiger partial charge < -0.3 is 14.6 Å². The van der Waals surface area contributed by atoms with Crippen molar-refractivity contribution < 1.29 is 27.1 Å². The van der Waals surface area contributed by atoms with Crippen LogP contribution < -0.4 is 4.98 Å². The van der Waals surface area contributed by atoms with Crippen LogP contribution in [0.15, 0.2) is 42.5 Å². The van der Waals surface area contributed by atoms with E-state index in [2.05, 4.69) is 4.98 Å². The van der Waals surface area contributed by atoms with Crippen LogP contribution >= 0.6 is 0 Å². The summed E-state index contributed by atoms with van der Waals surface area (Å²) in [5, 5.41) is 0. The fourth-order valence-electron chi connectivity index (χ4n) is 4.48. The Morgan fingerprint density at radius 2 is 1.82 bits per heavy atom. The van der Waals surface area contributed by atoms with Crippen LogP contribution in [0.1, 0.15) is 24.8 Å². The Morgan fingerprint density at radius 3 is 2.48 bits per heavy atom. The predicted molar refractivity (Wildman–Crippen MR) is 116 cm³/mol. The van der Waals surface area contributed by atoms with Gasteiger partial charge >= 0.3 is 0 Å². The fraction of sp³-hybridized carbons (Fsp3) is 0.458. The molecule has 4 nitrogen and oxygen atoms in total. The van der Waals surface area contributed by atoms with Crippen LogP contribution in [0, 0.1) is 11.6 Å². The molecule has 1 aliphatic carbocycles. The van der Waals surface area contributed by atoms with Crippen molar-refractivity contribution in [1.29, 1.82) is 0 Å². The minimum atomic E-state index is -3.15. The van der Waals surface area contributed by atoms with Crippen molar-refractivity contribution in [3.63, 3.8) is 0 Å². The molecule has 1 amide bonds. The number of nitrogens with zero attached hydrogens (tertiary/aromatic N) is 1. The highest BCUT2D eigenvalue weighted by Gasteiger charge is 2.57. The Labute approximate surface area is 192 Å². The number of carbonyl (C=O) groups excluding carboxylic acids is 1. The van der Waals surface area contributed by atoms with E-state index in [0.29, 0.717) is 18.6 Å². The normalized spacial score (nSPS) is 26.3. The minimum Gasteiger partial charge on any atom is -0.368 e. The average Bonchev–Trinajstić information content (AvgIpc) is 3.52. The van der Waals surface area contributed by atoms with Gasteiger partial charge in [-0.2, -0.15) is 0 Å². The highest BCUT2D eigenvalue weighted by atomic mass is 28.2. The summed E-state index contributed by atoms with van der Waals surface area (Å²) in [7, 11) is 0.167. The molecule has 2 aromatic rings. The maximum Gasteiger partial charge on any atom is 0.281 e. The van der Waals surface area contributed by atoms with E-state index in [9.17, 15) is 9.18 Å². The van der Waals surface area contributed by atoms with Crippen molar-refractivity contribution in [2.24, 2.45) is 0 Å². The van der Waals surface area contributed by atoms with E-state index in [1.54, 1.807) is 12.1 Å². The van der Waals surface area contributed by atoms with Crippen molar-refractivity contribution >= 4 is 15.6 Å². The van der Waals surface area contributed by atoms with Gasteiger partial charge in [0.1, 0.15) is 27.4 Å². The third-order valence-corrected chi connectivity index (χ3v) is 8.03. The van der Waals surface area contributed by atoms with Crippen LogP contribution in [0.25, 0.3) is 11.1 Å². The molecule has 2 aliphatic heterocycles. The van der Waals surface area contributed by atoms with Crippen LogP contribution in [-0.4, -0.2) is 57.8 Å². The molecule has 5 rings (SSSR count). The average molecular weight is 477 g/mol. The van der Waals surface area contributed by atoms with E-state index in [1.165, 1.54) is 30.3 Å². The van der Waals surface area contributed by atoms with E-state index >= 15 is 13.2 Å². The van der Waals surface area contributed by atoms with Crippen molar-refractivity contribution in [1.82, 2.24) is 9.88 Å². The van der Waals surface area contributed by atoms with Crippen LogP contribution in [0.4, 0.5) is 17.6 Å². The molecule has 1 N–H and O–H groups in total. The number of ether oxygens (including phenoxy) is 1. The van der Waals surface area contributed by atoms with Crippen molar-refractivity contribution in [3.05, 3.63) is 59.7 Å². The van der Waals surface area contributed by atoms with Gasteiger partial charge in [-0.05, 0) is 23.6 Å². The number of nitrogens with one attached hydrogen (secondary N) is 1. The van der Waals surface area contributed by atoms with Crippen LogP contribution in [0.2, 0.25) is 5.54 Å². The third kappa shape index (κ3) is 4.46.